The van der Waals surface area contributed by atoms with Gasteiger partial charge in [0.1, 0.15) is 0 Å². The van der Waals surface area contributed by atoms with E-state index in [9.17, 15) is 0 Å². The van der Waals surface area contributed by atoms with E-state index in [1.165, 1.54) is 49.3 Å². The molecule has 9 aromatic rings. The highest BCUT2D eigenvalue weighted by Gasteiger charge is 2.19. The number of allylic oxidation sites excluding steroid dienone is 4. The van der Waals surface area contributed by atoms with Crippen LogP contribution in [0, 0.1) is 0 Å². The van der Waals surface area contributed by atoms with Crippen LogP contribution in [-0.2, 0) is 0 Å². The standard InChI is InChI=1S/C46H32N4/c1-5-25-43-35(17-1)36-18-2-6-26-44(36)49(43)33-15-9-13-31(29-33)39-21-11-23-41(47-39)42-24-12-22-40(48-42)32-14-10-16-34(30-32)50-45-27-7-3-19-37(45)38-20-4-8-28-46(38)50/h1-13,15-30,32H,14H2. The zero-order chi connectivity index (χ0) is 33.0. The number of hydrogen-bond donors (Lipinski definition) is 0. The molecule has 1 atom stereocenters. The van der Waals surface area contributed by atoms with Gasteiger partial charge in [-0.15, -0.1) is 0 Å². The van der Waals surface area contributed by atoms with Crippen LogP contribution in [0.15, 0.2) is 176 Å². The van der Waals surface area contributed by atoms with Gasteiger partial charge in [0.05, 0.1) is 39.1 Å². The first kappa shape index (κ1) is 28.5. The molecule has 236 valence electrons. The van der Waals surface area contributed by atoms with Crippen molar-refractivity contribution in [1.82, 2.24) is 19.1 Å². The predicted molar refractivity (Wildman–Crippen MR) is 207 cm³/mol. The predicted octanol–water partition coefficient (Wildman–Crippen LogP) is 11.6. The minimum atomic E-state index is 0.154. The van der Waals surface area contributed by atoms with E-state index >= 15 is 0 Å². The van der Waals surface area contributed by atoms with Gasteiger partial charge in [0.25, 0.3) is 0 Å². The van der Waals surface area contributed by atoms with Crippen molar-refractivity contribution >= 4 is 49.3 Å². The van der Waals surface area contributed by atoms with Crippen LogP contribution >= 0.6 is 0 Å². The molecular formula is C46H32N4. The van der Waals surface area contributed by atoms with Crippen LogP contribution in [-0.4, -0.2) is 19.1 Å². The third-order valence-corrected chi connectivity index (χ3v) is 10.0. The number of hydrogen-bond acceptors (Lipinski definition) is 2. The maximum atomic E-state index is 5.21. The second-order valence-electron chi connectivity index (χ2n) is 13.0. The monoisotopic (exact) mass is 640 g/mol. The normalized spacial score (nSPS) is 14.6. The molecule has 4 aromatic heterocycles. The Bertz CT molecular complexity index is 2710. The minimum absolute atomic E-state index is 0.154. The summed E-state index contributed by atoms with van der Waals surface area (Å²) in [5, 5.41) is 5.05. The second-order valence-corrected chi connectivity index (χ2v) is 13.0. The van der Waals surface area contributed by atoms with Crippen LogP contribution in [0.25, 0.3) is 77.6 Å². The van der Waals surface area contributed by atoms with Crippen molar-refractivity contribution in [1.29, 1.82) is 0 Å². The van der Waals surface area contributed by atoms with Crippen LogP contribution < -0.4 is 0 Å². The topological polar surface area (TPSA) is 35.6 Å². The molecule has 4 nitrogen and oxygen atoms in total. The molecule has 0 bridgehead atoms. The maximum Gasteiger partial charge on any atom is 0.0893 e. The Hall–Kier alpha value is -6.52. The minimum Gasteiger partial charge on any atom is -0.310 e. The number of aromatic nitrogens is 4. The summed E-state index contributed by atoms with van der Waals surface area (Å²) in [5.74, 6) is 0.154. The average molecular weight is 641 g/mol. The first-order valence-electron chi connectivity index (χ1n) is 17.2. The van der Waals surface area contributed by atoms with Gasteiger partial charge in [0, 0.05) is 50.1 Å². The molecular weight excluding hydrogens is 609 g/mol. The first-order chi connectivity index (χ1) is 24.8. The summed E-state index contributed by atoms with van der Waals surface area (Å²) >= 11 is 0. The summed E-state index contributed by atoms with van der Waals surface area (Å²) in [7, 11) is 0. The highest BCUT2D eigenvalue weighted by molar-refractivity contribution is 6.11. The average Bonchev–Trinajstić information content (AvgIpc) is 3.71. The van der Waals surface area contributed by atoms with Gasteiger partial charge in [0.2, 0.25) is 0 Å². The summed E-state index contributed by atoms with van der Waals surface area (Å²) in [6.07, 6.45) is 7.80. The van der Waals surface area contributed by atoms with E-state index in [-0.39, 0.29) is 5.92 Å². The lowest BCUT2D eigenvalue weighted by atomic mass is 9.94. The van der Waals surface area contributed by atoms with Crippen molar-refractivity contribution in [2.45, 2.75) is 12.3 Å². The highest BCUT2D eigenvalue weighted by Crippen LogP contribution is 2.37. The van der Waals surface area contributed by atoms with Gasteiger partial charge in [0.15, 0.2) is 0 Å². The van der Waals surface area contributed by atoms with Crippen LogP contribution in [0.1, 0.15) is 18.0 Å². The van der Waals surface area contributed by atoms with Gasteiger partial charge in [-0.25, -0.2) is 4.98 Å². The zero-order valence-corrected chi connectivity index (χ0v) is 27.3. The van der Waals surface area contributed by atoms with Crippen LogP contribution in [0.2, 0.25) is 0 Å². The van der Waals surface area contributed by atoms with Crippen molar-refractivity contribution in [2.75, 3.05) is 0 Å². The smallest absolute Gasteiger partial charge is 0.0893 e. The first-order valence-corrected chi connectivity index (χ1v) is 17.2. The van der Waals surface area contributed by atoms with Crippen LogP contribution in [0.4, 0.5) is 0 Å². The molecule has 0 aliphatic heterocycles. The molecule has 1 unspecified atom stereocenters. The Kier molecular flexibility index (Phi) is 6.59. The molecule has 0 amide bonds. The third-order valence-electron chi connectivity index (χ3n) is 10.0. The van der Waals surface area contributed by atoms with Gasteiger partial charge < -0.3 is 9.13 Å². The highest BCUT2D eigenvalue weighted by atomic mass is 15.0. The lowest BCUT2D eigenvalue weighted by Gasteiger charge is -2.19. The molecule has 50 heavy (non-hydrogen) atoms. The van der Waals surface area contributed by atoms with E-state index in [2.05, 4.69) is 185 Å². The fraction of sp³-hybridized carbons (Fsp3) is 0.0435. The van der Waals surface area contributed by atoms with E-state index in [0.29, 0.717) is 0 Å². The second kappa shape index (κ2) is 11.6. The molecule has 0 N–H and O–H groups in total. The van der Waals surface area contributed by atoms with E-state index in [0.717, 1.165) is 40.4 Å². The lowest BCUT2D eigenvalue weighted by Crippen LogP contribution is -2.06. The number of fused-ring (bicyclic) bond motifs is 6. The van der Waals surface area contributed by atoms with Gasteiger partial charge in [-0.3, -0.25) is 4.98 Å². The number of para-hydroxylation sites is 4. The van der Waals surface area contributed by atoms with E-state index in [4.69, 9.17) is 9.97 Å². The van der Waals surface area contributed by atoms with Gasteiger partial charge in [-0.2, -0.15) is 0 Å². The van der Waals surface area contributed by atoms with Crippen molar-refractivity contribution in [3.63, 3.8) is 0 Å². The summed E-state index contributed by atoms with van der Waals surface area (Å²) in [4.78, 5) is 10.4. The molecule has 0 saturated carbocycles. The Morgan fingerprint density at radius 3 is 1.62 bits per heavy atom. The number of benzene rings is 5. The molecule has 4 heteroatoms. The summed E-state index contributed by atoms with van der Waals surface area (Å²) in [6, 6.07) is 55.8. The number of rotatable bonds is 5. The number of pyridine rings is 2. The molecule has 1 aliphatic carbocycles. The van der Waals surface area contributed by atoms with Crippen molar-refractivity contribution < 1.29 is 0 Å². The molecule has 1 aliphatic rings. The maximum absolute atomic E-state index is 5.21. The lowest BCUT2D eigenvalue weighted by molar-refractivity contribution is 0.814. The van der Waals surface area contributed by atoms with Crippen LogP contribution in [0.3, 0.4) is 0 Å². The fourth-order valence-corrected chi connectivity index (χ4v) is 7.76. The fourth-order valence-electron chi connectivity index (χ4n) is 7.76. The Labute approximate surface area is 289 Å². The number of nitrogens with zero attached hydrogens (tertiary/aromatic N) is 4. The van der Waals surface area contributed by atoms with Crippen molar-refractivity contribution in [3.8, 4) is 28.3 Å². The SMILES string of the molecule is C1=CC(n2c3ccccc3c3ccccc32)=CC(c2cccc(-c3cccc(-c4cccc(-n5c6ccccc6c6ccccc65)c4)n3)n2)C1. The molecule has 0 radical (unpaired) electrons. The quantitative estimate of drug-likeness (QED) is 0.188. The molecule has 0 fully saturated rings. The summed E-state index contributed by atoms with van der Waals surface area (Å²) in [5.41, 5.74) is 11.9. The van der Waals surface area contributed by atoms with Gasteiger partial charge >= 0.3 is 0 Å². The molecule has 0 saturated heterocycles. The Morgan fingerprint density at radius 1 is 0.460 bits per heavy atom. The summed E-state index contributed by atoms with van der Waals surface area (Å²) < 4.78 is 4.73. The van der Waals surface area contributed by atoms with Crippen molar-refractivity contribution in [3.05, 3.63) is 182 Å². The van der Waals surface area contributed by atoms with E-state index in [1.54, 1.807) is 0 Å². The van der Waals surface area contributed by atoms with E-state index in [1.807, 2.05) is 0 Å². The molecule has 10 rings (SSSR count). The Morgan fingerprint density at radius 2 is 0.980 bits per heavy atom. The Balaban J connectivity index is 1.01. The van der Waals surface area contributed by atoms with Gasteiger partial charge in [-0.1, -0.05) is 109 Å². The van der Waals surface area contributed by atoms with Crippen molar-refractivity contribution in [2.24, 2.45) is 0 Å². The zero-order valence-electron chi connectivity index (χ0n) is 27.3. The summed E-state index contributed by atoms with van der Waals surface area (Å²) in [6.45, 7) is 0. The van der Waals surface area contributed by atoms with E-state index < -0.39 is 0 Å². The third kappa shape index (κ3) is 4.61. The molecule has 5 aromatic carbocycles. The molecule has 4 heterocycles. The van der Waals surface area contributed by atoms with Gasteiger partial charge in [-0.05, 0) is 73.2 Å². The largest absolute Gasteiger partial charge is 0.310 e. The van der Waals surface area contributed by atoms with Crippen LogP contribution in [0.5, 0.6) is 0 Å². The molecule has 0 spiro atoms.